The highest BCUT2D eigenvalue weighted by atomic mass is 16.5. The molecule has 148 valence electrons. The van der Waals surface area contributed by atoms with Gasteiger partial charge in [-0.1, -0.05) is 24.3 Å². The summed E-state index contributed by atoms with van der Waals surface area (Å²) in [7, 11) is 1.65. The minimum Gasteiger partial charge on any atom is -0.497 e. The van der Waals surface area contributed by atoms with Crippen LogP contribution in [0, 0.1) is 0 Å². The fraction of sp³-hybridized carbons (Fsp3) is 0.0800. The van der Waals surface area contributed by atoms with Crippen LogP contribution in [0.5, 0.6) is 5.75 Å². The Bertz CT molecular complexity index is 1140. The number of hydrogen-bond acceptors (Lipinski definition) is 4. The minimum absolute atomic E-state index is 0.116. The van der Waals surface area contributed by atoms with Gasteiger partial charge in [0.05, 0.1) is 12.8 Å². The van der Waals surface area contributed by atoms with Crippen LogP contribution >= 0.6 is 0 Å². The molecule has 2 aromatic heterocycles. The lowest BCUT2D eigenvalue weighted by Gasteiger charge is -2.08. The molecule has 0 fully saturated rings. The van der Waals surface area contributed by atoms with Gasteiger partial charge in [0.1, 0.15) is 5.75 Å². The summed E-state index contributed by atoms with van der Waals surface area (Å²) in [6, 6.07) is 23.1. The monoisotopic (exact) mass is 395 g/mol. The van der Waals surface area contributed by atoms with Crippen LogP contribution in [0.1, 0.15) is 15.9 Å². The van der Waals surface area contributed by atoms with Gasteiger partial charge in [0.15, 0.2) is 0 Å². The first-order valence-electron chi connectivity index (χ1n) is 9.61. The smallest absolute Gasteiger partial charge is 0.251 e. The molecule has 0 atom stereocenters. The van der Waals surface area contributed by atoms with Crippen LogP contribution in [0.25, 0.3) is 22.4 Å². The molecule has 0 unspecified atom stereocenters. The molecule has 4 aromatic rings. The van der Waals surface area contributed by atoms with E-state index in [1.165, 1.54) is 0 Å². The van der Waals surface area contributed by atoms with E-state index in [4.69, 9.17) is 4.74 Å². The second kappa shape index (κ2) is 9.01. The Hall–Kier alpha value is -3.99. The van der Waals surface area contributed by atoms with E-state index >= 15 is 0 Å². The quantitative estimate of drug-likeness (QED) is 0.512. The van der Waals surface area contributed by atoms with E-state index in [0.717, 1.165) is 33.7 Å². The van der Waals surface area contributed by atoms with Gasteiger partial charge in [0.2, 0.25) is 0 Å². The number of pyridine rings is 2. The van der Waals surface area contributed by atoms with Crippen molar-refractivity contribution < 1.29 is 9.53 Å². The molecule has 1 N–H and O–H groups in total. The maximum Gasteiger partial charge on any atom is 0.251 e. The Balaban J connectivity index is 1.42. The lowest BCUT2D eigenvalue weighted by atomic mass is 10.0. The summed E-state index contributed by atoms with van der Waals surface area (Å²) in [4.78, 5) is 21.0. The van der Waals surface area contributed by atoms with E-state index in [1.54, 1.807) is 25.7 Å². The number of carbonyl (C=O) groups excluding carboxylic acids is 1. The normalized spacial score (nSPS) is 10.4. The van der Waals surface area contributed by atoms with Crippen LogP contribution < -0.4 is 10.1 Å². The van der Waals surface area contributed by atoms with Crippen LogP contribution in [0.3, 0.4) is 0 Å². The first kappa shape index (κ1) is 19.3. The van der Waals surface area contributed by atoms with Crippen molar-refractivity contribution >= 4 is 5.91 Å². The van der Waals surface area contributed by atoms with Crippen molar-refractivity contribution in [3.63, 3.8) is 0 Å². The molecule has 0 aliphatic carbocycles. The van der Waals surface area contributed by atoms with Crippen LogP contribution in [0.4, 0.5) is 0 Å². The molecular formula is C25H21N3O2. The summed E-state index contributed by atoms with van der Waals surface area (Å²) in [5, 5.41) is 2.97. The van der Waals surface area contributed by atoms with Gasteiger partial charge in [-0.2, -0.15) is 0 Å². The van der Waals surface area contributed by atoms with Gasteiger partial charge >= 0.3 is 0 Å². The zero-order valence-electron chi connectivity index (χ0n) is 16.6. The van der Waals surface area contributed by atoms with Crippen molar-refractivity contribution in [2.75, 3.05) is 7.11 Å². The van der Waals surface area contributed by atoms with E-state index < -0.39 is 0 Å². The fourth-order valence-corrected chi connectivity index (χ4v) is 3.17. The summed E-state index contributed by atoms with van der Waals surface area (Å²) in [5.74, 6) is 0.687. The second-order valence-electron chi connectivity index (χ2n) is 6.78. The number of aromatic nitrogens is 2. The molecule has 5 nitrogen and oxygen atoms in total. The first-order valence-corrected chi connectivity index (χ1v) is 9.61. The third-order valence-corrected chi connectivity index (χ3v) is 4.80. The Labute approximate surface area is 175 Å². The van der Waals surface area contributed by atoms with Gasteiger partial charge in [-0.15, -0.1) is 0 Å². The second-order valence-corrected chi connectivity index (χ2v) is 6.78. The molecule has 0 radical (unpaired) electrons. The van der Waals surface area contributed by atoms with Gasteiger partial charge in [-0.3, -0.25) is 14.8 Å². The van der Waals surface area contributed by atoms with Crippen LogP contribution in [0.15, 0.2) is 91.4 Å². The molecule has 2 aromatic carbocycles. The fourth-order valence-electron chi connectivity index (χ4n) is 3.17. The molecule has 0 bridgehead atoms. The number of hydrogen-bond donors (Lipinski definition) is 1. The molecule has 0 aliphatic rings. The third-order valence-electron chi connectivity index (χ3n) is 4.80. The average molecular weight is 395 g/mol. The first-order chi connectivity index (χ1) is 14.7. The van der Waals surface area contributed by atoms with Gasteiger partial charge in [-0.05, 0) is 65.2 Å². The van der Waals surface area contributed by atoms with Gasteiger partial charge in [0, 0.05) is 36.3 Å². The Morgan fingerprint density at radius 1 is 0.867 bits per heavy atom. The maximum absolute atomic E-state index is 12.6. The SMILES string of the molecule is COc1cccc(-c2ccc(C(=O)NCc3ccnc(-c4ccncc4)c3)cc2)c1. The molecule has 30 heavy (non-hydrogen) atoms. The number of nitrogens with zero attached hydrogens (tertiary/aromatic N) is 2. The predicted molar refractivity (Wildman–Crippen MR) is 117 cm³/mol. The topological polar surface area (TPSA) is 64.1 Å². The summed E-state index contributed by atoms with van der Waals surface area (Å²) >= 11 is 0. The van der Waals surface area contributed by atoms with E-state index in [-0.39, 0.29) is 5.91 Å². The average Bonchev–Trinajstić information content (AvgIpc) is 2.83. The number of rotatable bonds is 6. The summed E-state index contributed by atoms with van der Waals surface area (Å²) in [6.07, 6.45) is 5.22. The van der Waals surface area contributed by atoms with Crippen molar-refractivity contribution in [2.24, 2.45) is 0 Å². The molecular weight excluding hydrogens is 374 g/mol. The van der Waals surface area contributed by atoms with Crippen LogP contribution in [-0.4, -0.2) is 23.0 Å². The number of carbonyl (C=O) groups is 1. The van der Waals surface area contributed by atoms with Crippen LogP contribution in [0.2, 0.25) is 0 Å². The van der Waals surface area contributed by atoms with Crippen LogP contribution in [-0.2, 0) is 6.54 Å². The maximum atomic E-state index is 12.6. The zero-order valence-corrected chi connectivity index (χ0v) is 16.6. The Morgan fingerprint density at radius 2 is 1.67 bits per heavy atom. The van der Waals surface area contributed by atoms with Crippen molar-refractivity contribution in [1.29, 1.82) is 0 Å². The van der Waals surface area contributed by atoms with E-state index in [9.17, 15) is 4.79 Å². The van der Waals surface area contributed by atoms with Crippen molar-refractivity contribution in [3.8, 4) is 28.1 Å². The highest BCUT2D eigenvalue weighted by molar-refractivity contribution is 5.94. The zero-order chi connectivity index (χ0) is 20.8. The molecule has 4 rings (SSSR count). The van der Waals surface area contributed by atoms with Crippen molar-refractivity contribution in [3.05, 3.63) is 103 Å². The summed E-state index contributed by atoms with van der Waals surface area (Å²) in [5.41, 5.74) is 5.52. The number of benzene rings is 2. The number of amides is 1. The number of nitrogens with one attached hydrogen (secondary N) is 1. The number of ether oxygens (including phenoxy) is 1. The highest BCUT2D eigenvalue weighted by Crippen LogP contribution is 2.24. The molecule has 0 saturated carbocycles. The molecule has 5 heteroatoms. The van der Waals surface area contributed by atoms with E-state index in [0.29, 0.717) is 12.1 Å². The minimum atomic E-state index is -0.116. The summed E-state index contributed by atoms with van der Waals surface area (Å²) < 4.78 is 5.28. The summed E-state index contributed by atoms with van der Waals surface area (Å²) in [6.45, 7) is 0.428. The Kier molecular flexibility index (Phi) is 5.80. The Morgan fingerprint density at radius 3 is 2.43 bits per heavy atom. The van der Waals surface area contributed by atoms with Gasteiger partial charge in [0.25, 0.3) is 5.91 Å². The molecule has 1 amide bonds. The predicted octanol–water partition coefficient (Wildman–Crippen LogP) is 4.75. The van der Waals surface area contributed by atoms with Crippen molar-refractivity contribution in [1.82, 2.24) is 15.3 Å². The molecule has 0 aliphatic heterocycles. The molecule has 0 saturated heterocycles. The largest absolute Gasteiger partial charge is 0.497 e. The van der Waals surface area contributed by atoms with E-state index in [2.05, 4.69) is 15.3 Å². The highest BCUT2D eigenvalue weighted by Gasteiger charge is 2.07. The van der Waals surface area contributed by atoms with Crippen molar-refractivity contribution in [2.45, 2.75) is 6.54 Å². The number of methoxy groups -OCH3 is 1. The molecule has 0 spiro atoms. The lowest BCUT2D eigenvalue weighted by molar-refractivity contribution is 0.0951. The third kappa shape index (κ3) is 4.52. The molecule has 2 heterocycles. The van der Waals surface area contributed by atoms with Gasteiger partial charge in [-0.25, -0.2) is 0 Å². The standard InChI is InChI=1S/C25H21N3O2/c1-30-23-4-2-3-22(16-23)19-5-7-21(8-6-19)25(29)28-17-18-9-14-27-24(15-18)20-10-12-26-13-11-20/h2-16H,17H2,1H3,(H,28,29). The van der Waals surface area contributed by atoms with Gasteiger partial charge < -0.3 is 10.1 Å². The lowest BCUT2D eigenvalue weighted by Crippen LogP contribution is -2.22. The van der Waals surface area contributed by atoms with E-state index in [1.807, 2.05) is 72.8 Å².